The lowest BCUT2D eigenvalue weighted by Gasteiger charge is -2.48. The molecule has 218 valence electrons. The van der Waals surface area contributed by atoms with Gasteiger partial charge in [-0.25, -0.2) is 4.79 Å². The van der Waals surface area contributed by atoms with E-state index in [-0.39, 0.29) is 19.2 Å². The third-order valence-corrected chi connectivity index (χ3v) is 7.41. The summed E-state index contributed by atoms with van der Waals surface area (Å²) in [5.41, 5.74) is -3.57. The number of aliphatic hydroxyl groups is 3. The van der Waals surface area contributed by atoms with Gasteiger partial charge in [-0.05, 0) is 19.8 Å². The molecule has 0 saturated heterocycles. The highest BCUT2D eigenvalue weighted by atomic mass is 16.6. The topological polar surface area (TPSA) is 151 Å². The Morgan fingerprint density at radius 3 is 1.58 bits per heavy atom. The van der Waals surface area contributed by atoms with Crippen LogP contribution in [0.25, 0.3) is 0 Å². The highest BCUT2D eigenvalue weighted by Crippen LogP contribution is 2.40. The fourth-order valence-corrected chi connectivity index (χ4v) is 4.83. The SMILES string of the molecule is CCCCCCCCCCOC(CCCCCCCCCC)(C(O)C(O)CO)C(C)(OC)C(=O)O.N. The van der Waals surface area contributed by atoms with Crippen LogP contribution in [0, 0.1) is 0 Å². The first-order valence-electron chi connectivity index (χ1n) is 14.2. The van der Waals surface area contributed by atoms with Crippen molar-refractivity contribution in [1.29, 1.82) is 0 Å². The van der Waals surface area contributed by atoms with E-state index >= 15 is 0 Å². The average molecular weight is 522 g/mol. The minimum Gasteiger partial charge on any atom is -0.479 e. The molecule has 4 unspecified atom stereocenters. The molecule has 0 aromatic rings. The highest BCUT2D eigenvalue weighted by Gasteiger charge is 2.60. The van der Waals surface area contributed by atoms with Crippen molar-refractivity contribution in [3.8, 4) is 0 Å². The number of carbonyl (C=O) groups is 1. The molecule has 0 fully saturated rings. The van der Waals surface area contributed by atoms with Crippen molar-refractivity contribution in [3.63, 3.8) is 0 Å². The fourth-order valence-electron chi connectivity index (χ4n) is 4.83. The predicted octanol–water partition coefficient (Wildman–Crippen LogP) is 5.78. The molecular formula is C28H59NO7. The first-order chi connectivity index (χ1) is 16.8. The highest BCUT2D eigenvalue weighted by molar-refractivity contribution is 5.79. The minimum atomic E-state index is -1.89. The number of aliphatic hydroxyl groups excluding tert-OH is 3. The number of carboxylic acids is 1. The van der Waals surface area contributed by atoms with E-state index in [2.05, 4.69) is 13.8 Å². The minimum absolute atomic E-state index is 0. The largest absolute Gasteiger partial charge is 0.479 e. The van der Waals surface area contributed by atoms with Gasteiger partial charge in [0.25, 0.3) is 0 Å². The molecule has 0 aromatic carbocycles. The summed E-state index contributed by atoms with van der Waals surface area (Å²) in [4.78, 5) is 12.3. The molecule has 0 aliphatic heterocycles. The number of hydrogen-bond acceptors (Lipinski definition) is 7. The van der Waals surface area contributed by atoms with E-state index in [1.807, 2.05) is 0 Å². The average Bonchev–Trinajstić information content (AvgIpc) is 2.86. The molecule has 0 bridgehead atoms. The molecule has 8 nitrogen and oxygen atoms in total. The van der Waals surface area contributed by atoms with Gasteiger partial charge in [0.15, 0.2) is 5.60 Å². The van der Waals surface area contributed by atoms with Gasteiger partial charge in [0.05, 0.1) is 6.61 Å². The molecule has 7 N–H and O–H groups in total. The molecular weight excluding hydrogens is 462 g/mol. The Kier molecular flexibility index (Phi) is 23.1. The van der Waals surface area contributed by atoms with Crippen LogP contribution >= 0.6 is 0 Å². The number of unbranched alkanes of at least 4 members (excludes halogenated alkanes) is 14. The lowest BCUT2D eigenvalue weighted by atomic mass is 9.73. The fraction of sp³-hybridized carbons (Fsp3) is 0.964. The Hall–Kier alpha value is -0.770. The van der Waals surface area contributed by atoms with Gasteiger partial charge < -0.3 is 36.1 Å². The normalized spacial score (nSPS) is 16.5. The predicted molar refractivity (Wildman–Crippen MR) is 146 cm³/mol. The Balaban J connectivity index is 0. The standard InChI is InChI=1S/C28H56O7.H3N/c1-5-7-9-11-13-15-17-19-21-28(25(31)24(30)23-29,27(3,34-4)26(32)33)35-22-20-18-16-14-12-10-8-6-2;/h24-25,29-31H,5-23H2,1-4H3,(H,32,33);1H3. The van der Waals surface area contributed by atoms with E-state index in [4.69, 9.17) is 9.47 Å². The van der Waals surface area contributed by atoms with Gasteiger partial charge in [0.2, 0.25) is 0 Å². The van der Waals surface area contributed by atoms with Crippen molar-refractivity contribution in [3.05, 3.63) is 0 Å². The van der Waals surface area contributed by atoms with Gasteiger partial charge in [-0.1, -0.05) is 110 Å². The third-order valence-electron chi connectivity index (χ3n) is 7.41. The molecule has 0 spiro atoms. The molecule has 0 amide bonds. The second kappa shape index (κ2) is 22.2. The van der Waals surface area contributed by atoms with Crippen molar-refractivity contribution in [2.75, 3.05) is 20.3 Å². The van der Waals surface area contributed by atoms with Gasteiger partial charge in [-0.15, -0.1) is 0 Å². The monoisotopic (exact) mass is 521 g/mol. The first kappa shape index (κ1) is 37.4. The smallest absolute Gasteiger partial charge is 0.338 e. The van der Waals surface area contributed by atoms with Crippen LogP contribution in [0.2, 0.25) is 0 Å². The van der Waals surface area contributed by atoms with Crippen molar-refractivity contribution in [2.45, 2.75) is 153 Å². The summed E-state index contributed by atoms with van der Waals surface area (Å²) < 4.78 is 11.7. The van der Waals surface area contributed by atoms with Crippen LogP contribution in [-0.4, -0.2) is 70.1 Å². The van der Waals surface area contributed by atoms with Gasteiger partial charge in [-0.2, -0.15) is 0 Å². The second-order valence-corrected chi connectivity index (χ2v) is 10.2. The summed E-state index contributed by atoms with van der Waals surface area (Å²) >= 11 is 0. The molecule has 0 aliphatic carbocycles. The van der Waals surface area contributed by atoms with Gasteiger partial charge in [0, 0.05) is 13.7 Å². The molecule has 36 heavy (non-hydrogen) atoms. The van der Waals surface area contributed by atoms with E-state index in [0.717, 1.165) is 38.5 Å². The van der Waals surface area contributed by atoms with Gasteiger partial charge in [-0.3, -0.25) is 0 Å². The Morgan fingerprint density at radius 2 is 1.19 bits per heavy atom. The summed E-state index contributed by atoms with van der Waals surface area (Å²) in [5, 5.41) is 41.0. The van der Waals surface area contributed by atoms with E-state index in [1.54, 1.807) is 0 Å². The van der Waals surface area contributed by atoms with Crippen molar-refractivity contribution < 1.29 is 34.7 Å². The maximum absolute atomic E-state index is 12.3. The molecule has 0 saturated carbocycles. The number of aliphatic carboxylic acids is 1. The number of carboxylic acid groups (broad SMARTS) is 1. The molecule has 0 rings (SSSR count). The second-order valence-electron chi connectivity index (χ2n) is 10.2. The van der Waals surface area contributed by atoms with E-state index in [1.165, 1.54) is 71.8 Å². The summed E-state index contributed by atoms with van der Waals surface area (Å²) in [6.07, 6.45) is 14.5. The van der Waals surface area contributed by atoms with Crippen LogP contribution in [-0.2, 0) is 14.3 Å². The molecule has 8 heteroatoms. The van der Waals surface area contributed by atoms with Gasteiger partial charge >= 0.3 is 5.97 Å². The summed E-state index contributed by atoms with van der Waals surface area (Å²) in [7, 11) is 1.29. The number of methoxy groups -OCH3 is 1. The van der Waals surface area contributed by atoms with E-state index < -0.39 is 36.0 Å². The maximum Gasteiger partial charge on any atom is 0.338 e. The Labute approximate surface area is 220 Å². The van der Waals surface area contributed by atoms with Crippen molar-refractivity contribution >= 4 is 5.97 Å². The summed E-state index contributed by atoms with van der Waals surface area (Å²) in [6, 6.07) is 0. The van der Waals surface area contributed by atoms with Crippen molar-refractivity contribution in [1.82, 2.24) is 6.15 Å². The number of rotatable bonds is 25. The van der Waals surface area contributed by atoms with Crippen LogP contribution in [0.5, 0.6) is 0 Å². The Morgan fingerprint density at radius 1 is 0.778 bits per heavy atom. The van der Waals surface area contributed by atoms with Crippen LogP contribution < -0.4 is 6.15 Å². The quantitative estimate of drug-likeness (QED) is 0.0948. The molecule has 0 aliphatic rings. The first-order valence-corrected chi connectivity index (χ1v) is 14.2. The molecule has 0 radical (unpaired) electrons. The van der Waals surface area contributed by atoms with Crippen LogP contribution in [0.4, 0.5) is 0 Å². The van der Waals surface area contributed by atoms with Gasteiger partial charge in [0.1, 0.15) is 17.8 Å². The number of hydrogen-bond donors (Lipinski definition) is 5. The zero-order valence-electron chi connectivity index (χ0n) is 23.8. The van der Waals surface area contributed by atoms with Crippen molar-refractivity contribution in [2.24, 2.45) is 0 Å². The molecule has 0 heterocycles. The van der Waals surface area contributed by atoms with Crippen LogP contribution in [0.1, 0.15) is 130 Å². The lowest BCUT2D eigenvalue weighted by molar-refractivity contribution is -0.257. The Bertz CT molecular complexity index is 522. The molecule has 0 aromatic heterocycles. The zero-order valence-corrected chi connectivity index (χ0v) is 23.8. The summed E-state index contributed by atoms with van der Waals surface area (Å²) in [5.74, 6) is -1.26. The van der Waals surface area contributed by atoms with E-state index in [0.29, 0.717) is 6.42 Å². The summed E-state index contributed by atoms with van der Waals surface area (Å²) in [6.45, 7) is 5.34. The van der Waals surface area contributed by atoms with E-state index in [9.17, 15) is 25.2 Å². The maximum atomic E-state index is 12.3. The third kappa shape index (κ3) is 12.7. The number of ether oxygens (including phenoxy) is 2. The molecule has 4 atom stereocenters. The van der Waals surface area contributed by atoms with Crippen LogP contribution in [0.3, 0.4) is 0 Å². The van der Waals surface area contributed by atoms with Crippen LogP contribution in [0.15, 0.2) is 0 Å². The lowest BCUT2D eigenvalue weighted by Crippen LogP contribution is -2.68. The zero-order chi connectivity index (χ0) is 26.6.